The topological polar surface area (TPSA) is 8.17 Å². The fourth-order valence-electron chi connectivity index (χ4n) is 8.79. The van der Waals surface area contributed by atoms with Crippen LogP contribution in [0.4, 0.5) is 11.4 Å². The molecule has 0 saturated heterocycles. The van der Waals surface area contributed by atoms with Crippen LogP contribution in [0.3, 0.4) is 0 Å². The van der Waals surface area contributed by atoms with Crippen molar-refractivity contribution < 1.29 is 0 Å². The van der Waals surface area contributed by atoms with Gasteiger partial charge in [-0.25, -0.2) is 0 Å². The first kappa shape index (κ1) is 31.8. The van der Waals surface area contributed by atoms with Crippen LogP contribution < -0.4 is 4.90 Å². The van der Waals surface area contributed by atoms with Crippen LogP contribution in [0, 0.1) is 5.92 Å². The van der Waals surface area contributed by atoms with Gasteiger partial charge < -0.3 is 9.47 Å². The number of thiophene rings is 1. The van der Waals surface area contributed by atoms with Crippen molar-refractivity contribution in [1.82, 2.24) is 4.57 Å². The number of hydrogen-bond acceptors (Lipinski definition) is 2. The monoisotopic (exact) mass is 720 g/mol. The van der Waals surface area contributed by atoms with E-state index in [0.29, 0.717) is 0 Å². The lowest BCUT2D eigenvalue weighted by Crippen LogP contribution is -2.37. The quantitative estimate of drug-likeness (QED) is 0.166. The predicted molar refractivity (Wildman–Crippen MR) is 236 cm³/mol. The van der Waals surface area contributed by atoms with E-state index in [4.69, 9.17) is 0 Å². The molecular weight excluding hydrogens is 685 g/mol. The summed E-state index contributed by atoms with van der Waals surface area (Å²) in [7, 11) is 0. The number of fused-ring (bicyclic) bond motifs is 7. The van der Waals surface area contributed by atoms with Crippen molar-refractivity contribution in [3.8, 4) is 27.9 Å². The summed E-state index contributed by atoms with van der Waals surface area (Å²) in [5.41, 5.74) is 12.2. The zero-order valence-electron chi connectivity index (χ0n) is 30.1. The molecule has 0 radical (unpaired) electrons. The van der Waals surface area contributed by atoms with E-state index in [0.717, 1.165) is 0 Å². The highest BCUT2D eigenvalue weighted by atomic mass is 32.1. The van der Waals surface area contributed by atoms with Crippen LogP contribution in [0.2, 0.25) is 0 Å². The van der Waals surface area contributed by atoms with Gasteiger partial charge in [0.2, 0.25) is 0 Å². The normalized spacial score (nSPS) is 16.3. The summed E-state index contributed by atoms with van der Waals surface area (Å²) in [6.45, 7) is 0. The second-order valence-corrected chi connectivity index (χ2v) is 15.5. The van der Waals surface area contributed by atoms with Gasteiger partial charge in [-0.1, -0.05) is 152 Å². The first-order valence-electron chi connectivity index (χ1n) is 19.0. The number of para-hydroxylation sites is 2. The highest BCUT2D eigenvalue weighted by Crippen LogP contribution is 2.45. The van der Waals surface area contributed by atoms with Gasteiger partial charge in [0.15, 0.2) is 0 Å². The maximum atomic E-state index is 2.50. The maximum Gasteiger partial charge on any atom is 0.0628 e. The molecule has 2 heterocycles. The summed E-state index contributed by atoms with van der Waals surface area (Å²) in [6, 6.07) is 60.4. The van der Waals surface area contributed by atoms with Crippen LogP contribution in [0.25, 0.3) is 69.9 Å². The highest BCUT2D eigenvalue weighted by molar-refractivity contribution is 7.26. The van der Waals surface area contributed by atoms with E-state index in [1.54, 1.807) is 0 Å². The Hall–Kier alpha value is -6.68. The van der Waals surface area contributed by atoms with Crippen molar-refractivity contribution in [3.63, 3.8) is 0 Å². The number of hydrogen-bond donors (Lipinski definition) is 0. The number of allylic oxidation sites excluding steroid dienone is 5. The number of aromatic nitrogens is 1. The number of nitrogens with zero attached hydrogens (tertiary/aromatic N) is 2. The van der Waals surface area contributed by atoms with E-state index in [1.807, 2.05) is 11.3 Å². The van der Waals surface area contributed by atoms with E-state index < -0.39 is 0 Å². The van der Waals surface area contributed by atoms with Crippen molar-refractivity contribution in [1.29, 1.82) is 0 Å². The summed E-state index contributed by atoms with van der Waals surface area (Å²) in [5, 5.41) is 5.11. The average molecular weight is 721 g/mol. The molecule has 260 valence electrons. The molecule has 2 aromatic heterocycles. The molecule has 0 saturated carbocycles. The summed E-state index contributed by atoms with van der Waals surface area (Å²) in [5.74, 6) is 0.276. The Morgan fingerprint density at radius 3 is 2.05 bits per heavy atom. The molecule has 2 aliphatic rings. The summed E-state index contributed by atoms with van der Waals surface area (Å²) in [4.78, 5) is 2.50. The Labute approximate surface area is 324 Å². The lowest BCUT2D eigenvalue weighted by Gasteiger charge is -2.38. The molecule has 2 unspecified atom stereocenters. The average Bonchev–Trinajstić information content (AvgIpc) is 3.80. The van der Waals surface area contributed by atoms with E-state index in [1.165, 1.54) is 86.9 Å². The van der Waals surface area contributed by atoms with Gasteiger partial charge in [-0.2, -0.15) is 0 Å². The lowest BCUT2D eigenvalue weighted by atomic mass is 9.83. The molecule has 55 heavy (non-hydrogen) atoms. The van der Waals surface area contributed by atoms with Crippen LogP contribution >= 0.6 is 11.3 Å². The van der Waals surface area contributed by atoms with Gasteiger partial charge in [0.05, 0.1) is 17.1 Å². The van der Waals surface area contributed by atoms with E-state index in [2.05, 4.69) is 216 Å². The van der Waals surface area contributed by atoms with Gasteiger partial charge in [-0.3, -0.25) is 0 Å². The van der Waals surface area contributed by atoms with Gasteiger partial charge in [0, 0.05) is 59.5 Å². The minimum atomic E-state index is 0.156. The molecule has 0 spiro atoms. The van der Waals surface area contributed by atoms with Crippen LogP contribution in [0.15, 0.2) is 212 Å². The zero-order valence-corrected chi connectivity index (χ0v) is 30.9. The van der Waals surface area contributed by atoms with Crippen molar-refractivity contribution in [2.45, 2.75) is 6.04 Å². The molecule has 2 atom stereocenters. The molecular formula is C52H36N2S. The second kappa shape index (κ2) is 13.0. The third kappa shape index (κ3) is 5.31. The molecule has 0 bridgehead atoms. The molecule has 0 aliphatic heterocycles. The predicted octanol–water partition coefficient (Wildman–Crippen LogP) is 14.2. The molecule has 0 amide bonds. The van der Waals surface area contributed by atoms with Gasteiger partial charge in [-0.05, 0) is 76.9 Å². The molecule has 0 N–H and O–H groups in total. The van der Waals surface area contributed by atoms with Crippen molar-refractivity contribution in [2.75, 3.05) is 4.90 Å². The lowest BCUT2D eigenvalue weighted by molar-refractivity contribution is 0.640. The van der Waals surface area contributed by atoms with Crippen molar-refractivity contribution in [3.05, 3.63) is 212 Å². The summed E-state index contributed by atoms with van der Waals surface area (Å²) in [6.07, 6.45) is 15.7. The molecule has 9 aromatic rings. The number of benzene rings is 7. The molecule has 0 fully saturated rings. The minimum Gasteiger partial charge on any atom is -0.334 e. The van der Waals surface area contributed by atoms with E-state index >= 15 is 0 Å². The molecule has 11 rings (SSSR count). The zero-order chi connectivity index (χ0) is 36.3. The SMILES string of the molecule is C1=CC2=CC=CC(N(c3ccccc3)c3ccc(-c4cc(-n5c6ccccc6c6ccc(-c7ccccc7)cc65)cc5c4sc4ccccc45)cc3)C2C=C1. The highest BCUT2D eigenvalue weighted by Gasteiger charge is 2.30. The minimum absolute atomic E-state index is 0.156. The largest absolute Gasteiger partial charge is 0.334 e. The fourth-order valence-corrected chi connectivity index (χ4v) is 10.0. The Balaban J connectivity index is 1.10. The second-order valence-electron chi connectivity index (χ2n) is 14.5. The molecule has 2 nitrogen and oxygen atoms in total. The Morgan fingerprint density at radius 2 is 1.20 bits per heavy atom. The van der Waals surface area contributed by atoms with Crippen molar-refractivity contribution >= 4 is 64.7 Å². The molecule has 7 aromatic carbocycles. The van der Waals surface area contributed by atoms with Gasteiger partial charge in [0.1, 0.15) is 0 Å². The van der Waals surface area contributed by atoms with Crippen LogP contribution in [0.1, 0.15) is 0 Å². The van der Waals surface area contributed by atoms with E-state index in [-0.39, 0.29) is 12.0 Å². The van der Waals surface area contributed by atoms with Gasteiger partial charge in [0.25, 0.3) is 0 Å². The molecule has 2 aliphatic carbocycles. The Kier molecular flexibility index (Phi) is 7.53. The Morgan fingerprint density at radius 1 is 0.491 bits per heavy atom. The molecule has 3 heteroatoms. The smallest absolute Gasteiger partial charge is 0.0628 e. The third-order valence-corrected chi connectivity index (χ3v) is 12.6. The van der Waals surface area contributed by atoms with Crippen LogP contribution in [0.5, 0.6) is 0 Å². The van der Waals surface area contributed by atoms with Gasteiger partial charge in [-0.15, -0.1) is 11.3 Å². The first-order valence-corrected chi connectivity index (χ1v) is 19.8. The van der Waals surface area contributed by atoms with Crippen LogP contribution in [-0.2, 0) is 0 Å². The summed E-state index contributed by atoms with van der Waals surface area (Å²) < 4.78 is 5.09. The number of anilines is 2. The fraction of sp³-hybridized carbons (Fsp3) is 0.0385. The Bertz CT molecular complexity index is 3030. The third-order valence-electron chi connectivity index (χ3n) is 11.4. The van der Waals surface area contributed by atoms with Crippen molar-refractivity contribution in [2.24, 2.45) is 5.92 Å². The van der Waals surface area contributed by atoms with E-state index in [9.17, 15) is 0 Å². The summed E-state index contributed by atoms with van der Waals surface area (Å²) >= 11 is 1.89. The first-order chi connectivity index (χ1) is 27.3. The number of rotatable bonds is 6. The standard InChI is InChI=1S/C52H36N2S/c1-3-14-35(15-4-1)38-28-31-44-43-21-9-11-23-49(43)54(50(44)32-38)41-33-46(52-47(34-41)45-22-10-12-25-51(45)55-52)37-26-29-40(30-27-37)53(39-18-5-2-6-19-39)48-24-13-17-36-16-7-8-20-42(36)48/h1-34,42,48H. The van der Waals surface area contributed by atoms with Crippen LogP contribution in [-0.4, -0.2) is 10.6 Å². The van der Waals surface area contributed by atoms with Gasteiger partial charge >= 0.3 is 0 Å². The maximum absolute atomic E-state index is 2.50.